The molecule has 0 rings (SSSR count). The van der Waals surface area contributed by atoms with Crippen molar-refractivity contribution in [3.05, 3.63) is 36.5 Å². The third kappa shape index (κ3) is 20.3. The Hall–Kier alpha value is -1.39. The number of hydrogen-bond acceptors (Lipinski definition) is 3. The highest BCUT2D eigenvalue weighted by Crippen LogP contribution is 2.08. The molecule has 4 nitrogen and oxygen atoms in total. The fraction of sp³-hybridized carbons (Fsp3) is 0.741. The van der Waals surface area contributed by atoms with Gasteiger partial charge >= 0.3 is 0 Å². The number of unbranched alkanes of at least 4 members (excludes halogenated alkanes) is 10. The van der Waals surface area contributed by atoms with Crippen molar-refractivity contribution in [2.45, 2.75) is 122 Å². The van der Waals surface area contributed by atoms with Crippen LogP contribution < -0.4 is 5.32 Å². The summed E-state index contributed by atoms with van der Waals surface area (Å²) in [4.78, 5) is 11.8. The standard InChI is InChI=1S/C27H49NO3/c1-3-5-7-8-9-10-11-12-13-14-15-16-17-18-19-21-22-26(30)25(24-29)28-27(31)23-20-6-4-2/h12-13,16-17,21-22,25-26,29-30H,3-11,14-15,18-20,23-24H2,1-2H3,(H,28,31)/b13-12+,17-16+,22-21+. The average Bonchev–Trinajstić information content (AvgIpc) is 2.77. The van der Waals surface area contributed by atoms with Gasteiger partial charge in [-0.3, -0.25) is 4.79 Å². The molecule has 0 aromatic heterocycles. The molecule has 0 spiro atoms. The van der Waals surface area contributed by atoms with Gasteiger partial charge in [0.2, 0.25) is 5.91 Å². The van der Waals surface area contributed by atoms with Gasteiger partial charge in [0.15, 0.2) is 0 Å². The van der Waals surface area contributed by atoms with Crippen LogP contribution in [0, 0.1) is 0 Å². The monoisotopic (exact) mass is 435 g/mol. The Morgan fingerprint density at radius 3 is 1.87 bits per heavy atom. The first-order chi connectivity index (χ1) is 15.2. The SMILES string of the molecule is CCCCCCCC/C=C/CC/C=C/CC/C=C/C(O)C(CO)NC(=O)CCCCC. The first-order valence-electron chi connectivity index (χ1n) is 12.7. The summed E-state index contributed by atoms with van der Waals surface area (Å²) in [5, 5.41) is 22.3. The fourth-order valence-electron chi connectivity index (χ4n) is 3.32. The van der Waals surface area contributed by atoms with Crippen molar-refractivity contribution in [2.24, 2.45) is 0 Å². The van der Waals surface area contributed by atoms with Crippen molar-refractivity contribution in [1.82, 2.24) is 5.32 Å². The quantitative estimate of drug-likeness (QED) is 0.145. The molecular weight excluding hydrogens is 386 g/mol. The van der Waals surface area contributed by atoms with Gasteiger partial charge in [-0.05, 0) is 44.9 Å². The predicted octanol–water partition coefficient (Wildman–Crippen LogP) is 6.38. The van der Waals surface area contributed by atoms with Gasteiger partial charge in [-0.2, -0.15) is 0 Å². The maximum Gasteiger partial charge on any atom is 0.220 e. The Balaban J connectivity index is 3.76. The van der Waals surface area contributed by atoms with Gasteiger partial charge in [0, 0.05) is 6.42 Å². The predicted molar refractivity (Wildman–Crippen MR) is 133 cm³/mol. The van der Waals surface area contributed by atoms with Gasteiger partial charge in [0.25, 0.3) is 0 Å². The zero-order chi connectivity index (χ0) is 23.0. The van der Waals surface area contributed by atoms with Crippen LogP contribution in [0.25, 0.3) is 0 Å². The van der Waals surface area contributed by atoms with Crippen molar-refractivity contribution in [3.8, 4) is 0 Å². The Morgan fingerprint density at radius 2 is 1.26 bits per heavy atom. The van der Waals surface area contributed by atoms with Gasteiger partial charge < -0.3 is 15.5 Å². The van der Waals surface area contributed by atoms with Crippen LogP contribution in [0.15, 0.2) is 36.5 Å². The first-order valence-corrected chi connectivity index (χ1v) is 12.7. The second-order valence-corrected chi connectivity index (χ2v) is 8.39. The van der Waals surface area contributed by atoms with E-state index in [-0.39, 0.29) is 12.5 Å². The highest BCUT2D eigenvalue weighted by molar-refractivity contribution is 5.76. The summed E-state index contributed by atoms with van der Waals surface area (Å²) in [6.07, 6.45) is 28.3. The number of hydrogen-bond donors (Lipinski definition) is 3. The van der Waals surface area contributed by atoms with Gasteiger partial charge in [0.1, 0.15) is 0 Å². The summed E-state index contributed by atoms with van der Waals surface area (Å²) in [5.41, 5.74) is 0. The van der Waals surface area contributed by atoms with E-state index in [1.807, 2.05) is 6.08 Å². The maximum absolute atomic E-state index is 11.8. The van der Waals surface area contributed by atoms with E-state index in [1.165, 1.54) is 44.9 Å². The molecule has 3 N–H and O–H groups in total. The molecule has 180 valence electrons. The molecule has 1 amide bonds. The van der Waals surface area contributed by atoms with E-state index in [1.54, 1.807) is 6.08 Å². The number of nitrogens with one attached hydrogen (secondary N) is 1. The van der Waals surface area contributed by atoms with E-state index in [4.69, 9.17) is 0 Å². The molecule has 31 heavy (non-hydrogen) atoms. The normalized spacial score (nSPS) is 14.1. The second-order valence-electron chi connectivity index (χ2n) is 8.39. The number of amides is 1. The smallest absolute Gasteiger partial charge is 0.220 e. The summed E-state index contributed by atoms with van der Waals surface area (Å²) in [5.74, 6) is -0.107. The lowest BCUT2D eigenvalue weighted by Crippen LogP contribution is -2.45. The van der Waals surface area contributed by atoms with Crippen molar-refractivity contribution >= 4 is 5.91 Å². The fourth-order valence-corrected chi connectivity index (χ4v) is 3.32. The number of carbonyl (C=O) groups is 1. The molecule has 0 saturated heterocycles. The van der Waals surface area contributed by atoms with E-state index in [2.05, 4.69) is 43.5 Å². The summed E-state index contributed by atoms with van der Waals surface area (Å²) in [6.45, 7) is 4.08. The molecule has 0 radical (unpaired) electrons. The zero-order valence-corrected chi connectivity index (χ0v) is 20.2. The molecule has 0 heterocycles. The highest BCUT2D eigenvalue weighted by atomic mass is 16.3. The molecule has 0 aromatic carbocycles. The van der Waals surface area contributed by atoms with Gasteiger partial charge in [-0.25, -0.2) is 0 Å². The number of rotatable bonds is 21. The Bertz CT molecular complexity index is 485. The second kappa shape index (κ2) is 23.3. The molecule has 4 heteroatoms. The van der Waals surface area contributed by atoms with Crippen LogP contribution >= 0.6 is 0 Å². The lowest BCUT2D eigenvalue weighted by Gasteiger charge is -2.19. The van der Waals surface area contributed by atoms with E-state index in [0.717, 1.165) is 44.9 Å². The molecule has 2 unspecified atom stereocenters. The largest absolute Gasteiger partial charge is 0.394 e. The molecular formula is C27H49NO3. The Morgan fingerprint density at radius 1 is 0.742 bits per heavy atom. The Kier molecular flexibility index (Phi) is 22.2. The van der Waals surface area contributed by atoms with Crippen LogP contribution in [-0.2, 0) is 4.79 Å². The third-order valence-corrected chi connectivity index (χ3v) is 5.35. The lowest BCUT2D eigenvalue weighted by atomic mass is 10.1. The lowest BCUT2D eigenvalue weighted by molar-refractivity contribution is -0.123. The van der Waals surface area contributed by atoms with Crippen molar-refractivity contribution < 1.29 is 15.0 Å². The van der Waals surface area contributed by atoms with Crippen LogP contribution in [0.1, 0.15) is 110 Å². The van der Waals surface area contributed by atoms with Gasteiger partial charge in [-0.1, -0.05) is 95.2 Å². The number of aliphatic hydroxyl groups is 2. The minimum absolute atomic E-state index is 0.107. The minimum atomic E-state index is -0.860. The summed E-state index contributed by atoms with van der Waals surface area (Å²) >= 11 is 0. The van der Waals surface area contributed by atoms with Crippen LogP contribution in [0.4, 0.5) is 0 Å². The molecule has 0 aliphatic rings. The van der Waals surface area contributed by atoms with Crippen LogP contribution in [0.5, 0.6) is 0 Å². The number of carbonyl (C=O) groups excluding carboxylic acids is 1. The molecule has 0 saturated carbocycles. The van der Waals surface area contributed by atoms with Gasteiger partial charge in [0.05, 0.1) is 18.8 Å². The van der Waals surface area contributed by atoms with Crippen molar-refractivity contribution in [1.29, 1.82) is 0 Å². The molecule has 0 fully saturated rings. The van der Waals surface area contributed by atoms with Crippen LogP contribution in [0.3, 0.4) is 0 Å². The van der Waals surface area contributed by atoms with E-state index < -0.39 is 12.1 Å². The Labute approximate surface area is 191 Å². The van der Waals surface area contributed by atoms with Gasteiger partial charge in [-0.15, -0.1) is 0 Å². The molecule has 0 bridgehead atoms. The van der Waals surface area contributed by atoms with Crippen LogP contribution in [-0.4, -0.2) is 34.9 Å². The molecule has 2 atom stereocenters. The third-order valence-electron chi connectivity index (χ3n) is 5.35. The van der Waals surface area contributed by atoms with E-state index in [0.29, 0.717) is 6.42 Å². The van der Waals surface area contributed by atoms with E-state index >= 15 is 0 Å². The first kappa shape index (κ1) is 29.6. The number of allylic oxidation sites excluding steroid dienone is 5. The van der Waals surface area contributed by atoms with Crippen LogP contribution in [0.2, 0.25) is 0 Å². The van der Waals surface area contributed by atoms with E-state index in [9.17, 15) is 15.0 Å². The summed E-state index contributed by atoms with van der Waals surface area (Å²) in [6, 6.07) is -0.635. The summed E-state index contributed by atoms with van der Waals surface area (Å²) < 4.78 is 0. The van der Waals surface area contributed by atoms with Crippen molar-refractivity contribution in [2.75, 3.05) is 6.61 Å². The zero-order valence-electron chi connectivity index (χ0n) is 20.2. The minimum Gasteiger partial charge on any atom is -0.394 e. The average molecular weight is 436 g/mol. The summed E-state index contributed by atoms with van der Waals surface area (Å²) in [7, 11) is 0. The topological polar surface area (TPSA) is 69.6 Å². The molecule has 0 aliphatic heterocycles. The number of aliphatic hydroxyl groups excluding tert-OH is 2. The molecule has 0 aliphatic carbocycles. The van der Waals surface area contributed by atoms with Crippen molar-refractivity contribution in [3.63, 3.8) is 0 Å². The molecule has 0 aromatic rings. The highest BCUT2D eigenvalue weighted by Gasteiger charge is 2.17. The maximum atomic E-state index is 11.8.